The first-order valence-electron chi connectivity index (χ1n) is 10.4. The van der Waals surface area contributed by atoms with E-state index in [4.69, 9.17) is 14.5 Å². The molecule has 9 nitrogen and oxygen atoms in total. The molecule has 4 heterocycles. The highest BCUT2D eigenvalue weighted by molar-refractivity contribution is 5.57. The molecule has 1 aromatic carbocycles. The predicted molar refractivity (Wildman–Crippen MR) is 114 cm³/mol. The molecule has 0 saturated carbocycles. The average Bonchev–Trinajstić information content (AvgIpc) is 3.20. The lowest BCUT2D eigenvalue weighted by Gasteiger charge is -2.42. The summed E-state index contributed by atoms with van der Waals surface area (Å²) < 4.78 is 39.1. The molecule has 0 bridgehead atoms. The number of nitrogens with one attached hydrogen (secondary N) is 1. The van der Waals surface area contributed by atoms with E-state index in [0.29, 0.717) is 17.6 Å². The largest absolute Gasteiger partial charge is 0.496 e. The van der Waals surface area contributed by atoms with Crippen molar-refractivity contribution in [3.63, 3.8) is 0 Å². The molecule has 2 aliphatic rings. The summed E-state index contributed by atoms with van der Waals surface area (Å²) in [6, 6.07) is 7.34. The fourth-order valence-electron chi connectivity index (χ4n) is 3.82. The van der Waals surface area contributed by atoms with E-state index in [1.54, 1.807) is 13.2 Å². The topological polar surface area (TPSA) is 80.6 Å². The molecule has 0 radical (unpaired) electrons. The highest BCUT2D eigenvalue weighted by atomic mass is 19.1. The van der Waals surface area contributed by atoms with Gasteiger partial charge in [-0.15, -0.1) is 5.10 Å². The number of piperazine rings is 1. The van der Waals surface area contributed by atoms with Gasteiger partial charge >= 0.3 is 0 Å². The van der Waals surface area contributed by atoms with Crippen molar-refractivity contribution >= 4 is 17.6 Å². The molecular weight excluding hydrogens is 420 g/mol. The van der Waals surface area contributed by atoms with Gasteiger partial charge in [-0.3, -0.25) is 4.90 Å². The average molecular weight is 443 g/mol. The third kappa shape index (κ3) is 4.34. The SMILES string of the molecule is COc1cc(Nc2ncn(-c3cc(F)cc(F)c3)n2)nc(N2CCN(C3COC3)CC2)c1. The first kappa shape index (κ1) is 20.6. The minimum Gasteiger partial charge on any atom is -0.496 e. The summed E-state index contributed by atoms with van der Waals surface area (Å²) in [5, 5.41) is 7.30. The van der Waals surface area contributed by atoms with Crippen LogP contribution >= 0.6 is 0 Å². The smallest absolute Gasteiger partial charge is 0.248 e. The van der Waals surface area contributed by atoms with Crippen LogP contribution in [0.2, 0.25) is 0 Å². The van der Waals surface area contributed by atoms with Gasteiger partial charge in [-0.05, 0) is 12.1 Å². The number of aromatic nitrogens is 4. The van der Waals surface area contributed by atoms with Gasteiger partial charge < -0.3 is 19.7 Å². The van der Waals surface area contributed by atoms with Crippen molar-refractivity contribution in [1.82, 2.24) is 24.6 Å². The van der Waals surface area contributed by atoms with Gasteiger partial charge in [-0.2, -0.15) is 4.98 Å². The number of benzene rings is 1. The Morgan fingerprint density at radius 2 is 1.78 bits per heavy atom. The second-order valence-corrected chi connectivity index (χ2v) is 7.73. The number of hydrogen-bond donors (Lipinski definition) is 1. The summed E-state index contributed by atoms with van der Waals surface area (Å²) in [6.45, 7) is 5.24. The van der Waals surface area contributed by atoms with Crippen LogP contribution in [-0.2, 0) is 4.74 Å². The fourth-order valence-corrected chi connectivity index (χ4v) is 3.82. The summed E-state index contributed by atoms with van der Waals surface area (Å²) in [5.41, 5.74) is 0.233. The first-order chi connectivity index (χ1) is 15.6. The van der Waals surface area contributed by atoms with Gasteiger partial charge in [-0.1, -0.05) is 0 Å². The van der Waals surface area contributed by atoms with E-state index in [2.05, 4.69) is 25.2 Å². The lowest BCUT2D eigenvalue weighted by Crippen LogP contribution is -2.56. The molecule has 32 heavy (non-hydrogen) atoms. The van der Waals surface area contributed by atoms with Crippen molar-refractivity contribution in [3.8, 4) is 11.4 Å². The number of pyridine rings is 1. The quantitative estimate of drug-likeness (QED) is 0.621. The van der Waals surface area contributed by atoms with Gasteiger partial charge in [0, 0.05) is 44.4 Å². The third-order valence-corrected chi connectivity index (χ3v) is 5.64. The molecule has 2 fully saturated rings. The second-order valence-electron chi connectivity index (χ2n) is 7.73. The third-order valence-electron chi connectivity index (χ3n) is 5.64. The van der Waals surface area contributed by atoms with Gasteiger partial charge in [0.05, 0.1) is 32.1 Å². The number of rotatable bonds is 6. The maximum absolute atomic E-state index is 13.5. The van der Waals surface area contributed by atoms with Crippen molar-refractivity contribution in [2.24, 2.45) is 0 Å². The summed E-state index contributed by atoms with van der Waals surface area (Å²) >= 11 is 0. The van der Waals surface area contributed by atoms with Crippen molar-refractivity contribution in [2.75, 3.05) is 56.7 Å². The molecule has 0 amide bonds. The van der Waals surface area contributed by atoms with Crippen molar-refractivity contribution < 1.29 is 18.3 Å². The molecule has 11 heteroatoms. The van der Waals surface area contributed by atoms with E-state index < -0.39 is 11.6 Å². The Morgan fingerprint density at radius 1 is 1.03 bits per heavy atom. The van der Waals surface area contributed by atoms with E-state index in [1.165, 1.54) is 23.1 Å². The Balaban J connectivity index is 1.31. The predicted octanol–water partition coefficient (Wildman–Crippen LogP) is 2.21. The maximum Gasteiger partial charge on any atom is 0.248 e. The van der Waals surface area contributed by atoms with Gasteiger partial charge in [-0.25, -0.2) is 18.4 Å². The lowest BCUT2D eigenvalue weighted by molar-refractivity contribution is -0.0660. The molecule has 5 rings (SSSR count). The molecular formula is C21H23F2N7O2. The van der Waals surface area contributed by atoms with Crippen LogP contribution in [0.5, 0.6) is 5.75 Å². The van der Waals surface area contributed by atoms with Gasteiger partial charge in [0.15, 0.2) is 0 Å². The van der Waals surface area contributed by atoms with Crippen LogP contribution in [0.3, 0.4) is 0 Å². The molecule has 2 aliphatic heterocycles. The summed E-state index contributed by atoms with van der Waals surface area (Å²) in [4.78, 5) is 13.5. The molecule has 1 N–H and O–H groups in total. The van der Waals surface area contributed by atoms with Crippen LogP contribution in [0, 0.1) is 11.6 Å². The number of anilines is 3. The monoisotopic (exact) mass is 443 g/mol. The van der Waals surface area contributed by atoms with E-state index in [1.807, 2.05) is 6.07 Å². The zero-order valence-electron chi connectivity index (χ0n) is 17.5. The Kier molecular flexibility index (Phi) is 5.58. The summed E-state index contributed by atoms with van der Waals surface area (Å²) in [7, 11) is 1.60. The van der Waals surface area contributed by atoms with Crippen LogP contribution in [0.25, 0.3) is 5.69 Å². The van der Waals surface area contributed by atoms with Crippen molar-refractivity contribution in [3.05, 3.63) is 48.3 Å². The Hall–Kier alpha value is -3.31. The van der Waals surface area contributed by atoms with Crippen LogP contribution in [0.4, 0.5) is 26.4 Å². The van der Waals surface area contributed by atoms with Crippen LogP contribution in [-0.4, -0.2) is 77.2 Å². The zero-order valence-corrected chi connectivity index (χ0v) is 17.5. The molecule has 0 unspecified atom stereocenters. The second kappa shape index (κ2) is 8.67. The van der Waals surface area contributed by atoms with Crippen LogP contribution in [0.15, 0.2) is 36.7 Å². The summed E-state index contributed by atoms with van der Waals surface area (Å²) in [6.07, 6.45) is 1.38. The first-order valence-corrected chi connectivity index (χ1v) is 10.4. The van der Waals surface area contributed by atoms with E-state index >= 15 is 0 Å². The minimum absolute atomic E-state index is 0.233. The molecule has 0 aliphatic carbocycles. The van der Waals surface area contributed by atoms with Gasteiger partial charge in [0.1, 0.15) is 35.3 Å². The molecule has 2 aromatic heterocycles. The standard InChI is InChI=1S/C21H23F2N7O2/c1-31-18-9-19(25-20(10-18)29-4-2-28(3-5-29)17-11-32-12-17)26-21-24-13-30(27-21)16-7-14(22)6-15(23)8-16/h6-10,13,17H,2-5,11-12H2,1H3,(H,25,26,27). The Bertz CT molecular complexity index is 1080. The van der Waals surface area contributed by atoms with E-state index in [0.717, 1.165) is 51.3 Å². The van der Waals surface area contributed by atoms with Gasteiger partial charge in [0.25, 0.3) is 0 Å². The normalized spacial score (nSPS) is 17.3. The summed E-state index contributed by atoms with van der Waals surface area (Å²) in [5.74, 6) is 0.832. The zero-order chi connectivity index (χ0) is 22.1. The number of halogens is 2. The maximum atomic E-state index is 13.5. The minimum atomic E-state index is -0.686. The highest BCUT2D eigenvalue weighted by Crippen LogP contribution is 2.26. The molecule has 3 aromatic rings. The molecule has 168 valence electrons. The van der Waals surface area contributed by atoms with Crippen LogP contribution < -0.4 is 15.0 Å². The number of ether oxygens (including phenoxy) is 2. The van der Waals surface area contributed by atoms with Crippen molar-refractivity contribution in [2.45, 2.75) is 6.04 Å². The molecule has 0 atom stereocenters. The number of nitrogens with zero attached hydrogens (tertiary/aromatic N) is 6. The van der Waals surface area contributed by atoms with Crippen LogP contribution in [0.1, 0.15) is 0 Å². The van der Waals surface area contributed by atoms with Crippen molar-refractivity contribution in [1.29, 1.82) is 0 Å². The Labute approximate surface area is 183 Å². The Morgan fingerprint density at radius 3 is 2.44 bits per heavy atom. The number of hydrogen-bond acceptors (Lipinski definition) is 8. The molecule has 2 saturated heterocycles. The van der Waals surface area contributed by atoms with E-state index in [9.17, 15) is 8.78 Å². The molecule has 0 spiro atoms. The number of methoxy groups -OCH3 is 1. The fraction of sp³-hybridized carbons (Fsp3) is 0.381. The van der Waals surface area contributed by atoms with E-state index in [-0.39, 0.29) is 11.6 Å². The highest BCUT2D eigenvalue weighted by Gasteiger charge is 2.29. The lowest BCUT2D eigenvalue weighted by atomic mass is 10.2. The van der Waals surface area contributed by atoms with Gasteiger partial charge in [0.2, 0.25) is 5.95 Å².